The average Bonchev–Trinajstić information content (AvgIpc) is 2.76. The summed E-state index contributed by atoms with van der Waals surface area (Å²) in [5, 5.41) is 30.3. The fraction of sp³-hybridized carbons (Fsp3) is 0.667. The third-order valence-corrected chi connectivity index (χ3v) is 3.81. The van der Waals surface area contributed by atoms with Gasteiger partial charge in [0.1, 0.15) is 0 Å². The van der Waals surface area contributed by atoms with Gasteiger partial charge in [0.25, 0.3) is 0 Å². The van der Waals surface area contributed by atoms with Gasteiger partial charge in [-0.05, 0) is 38.5 Å². The van der Waals surface area contributed by atoms with Gasteiger partial charge in [-0.2, -0.15) is 0 Å². The van der Waals surface area contributed by atoms with Crippen molar-refractivity contribution in [3.8, 4) is 0 Å². The van der Waals surface area contributed by atoms with Crippen molar-refractivity contribution in [1.82, 2.24) is 0 Å². The van der Waals surface area contributed by atoms with Crippen LogP contribution in [0.15, 0.2) is 15.0 Å². The molecule has 0 spiro atoms. The third-order valence-electron chi connectivity index (χ3n) is 3.81. The summed E-state index contributed by atoms with van der Waals surface area (Å²) in [7, 11) is 0. The second-order valence-corrected chi connectivity index (χ2v) is 7.12. The van der Waals surface area contributed by atoms with Crippen molar-refractivity contribution >= 4 is 35.8 Å². The van der Waals surface area contributed by atoms with Crippen LogP contribution in [0, 0.1) is 0 Å². The SMILES string of the molecule is NC(N)=NCCC[C@H](N)C(=O)[O-].NC(N)=NCCC[C@H](N)C(=O)[O-].NC(N)=NCCC[C@H](N)C(=O)[O-].[Fe+3]. The van der Waals surface area contributed by atoms with Gasteiger partial charge in [-0.1, -0.05) is 0 Å². The maximum atomic E-state index is 10.1. The zero-order valence-electron chi connectivity index (χ0n) is 20.4. The Kier molecular flexibility index (Phi) is 28.3. The Bertz CT molecular complexity index is 631. The molecule has 0 rings (SSSR count). The molecule has 0 saturated heterocycles. The van der Waals surface area contributed by atoms with Gasteiger partial charge in [-0.15, -0.1) is 0 Å². The fourth-order valence-corrected chi connectivity index (χ4v) is 1.91. The van der Waals surface area contributed by atoms with Gasteiger partial charge < -0.3 is 81.3 Å². The normalized spacial score (nSPS) is 11.8. The average molecular weight is 575 g/mol. The minimum Gasteiger partial charge on any atom is -0.548 e. The van der Waals surface area contributed by atoms with Crippen LogP contribution in [0.2, 0.25) is 0 Å². The van der Waals surface area contributed by atoms with Crippen LogP contribution in [0.1, 0.15) is 38.5 Å². The summed E-state index contributed by atoms with van der Waals surface area (Å²) >= 11 is 0. The van der Waals surface area contributed by atoms with E-state index in [0.717, 1.165) is 0 Å². The van der Waals surface area contributed by atoms with E-state index in [1.54, 1.807) is 0 Å². The monoisotopic (exact) mass is 575 g/mol. The van der Waals surface area contributed by atoms with Crippen molar-refractivity contribution in [2.24, 2.45) is 66.6 Å². The largest absolute Gasteiger partial charge is 3.00 e. The molecule has 215 valence electrons. The van der Waals surface area contributed by atoms with E-state index in [1.807, 2.05) is 0 Å². The molecule has 0 aliphatic rings. The zero-order valence-corrected chi connectivity index (χ0v) is 21.5. The Hall–Kier alpha value is -3.38. The molecular weight excluding hydrogens is 536 g/mol. The van der Waals surface area contributed by atoms with Gasteiger partial charge in [0, 0.05) is 37.8 Å². The predicted octanol–water partition coefficient (Wildman–Crippen LogP) is -8.65. The number of guanidine groups is 3. The van der Waals surface area contributed by atoms with Crippen LogP contribution in [0.3, 0.4) is 0 Å². The molecule has 18 nitrogen and oxygen atoms in total. The standard InChI is InChI=1S/3C6H14N4O2.Fe/c3*7-4(5(11)12)2-1-3-10-6(8)9;/h3*4H,1-3,7H2,(H,11,12)(H4,8,9,10);/q;;;+3/p-3/t3*4-;/m000./s1. The number of aliphatic imine (C=N–C) groups is 3. The van der Waals surface area contributed by atoms with Crippen LogP contribution in [0.5, 0.6) is 0 Å². The van der Waals surface area contributed by atoms with E-state index in [0.29, 0.717) is 58.2 Å². The van der Waals surface area contributed by atoms with E-state index in [9.17, 15) is 29.7 Å². The molecular formula is C18H39FeN12O6. The number of carbonyl (C=O) groups excluding carboxylic acids is 3. The van der Waals surface area contributed by atoms with E-state index in [1.165, 1.54) is 0 Å². The first-order chi connectivity index (χ1) is 16.6. The number of hydrogen-bond donors (Lipinski definition) is 9. The van der Waals surface area contributed by atoms with Crippen LogP contribution in [0.4, 0.5) is 0 Å². The molecule has 0 aliphatic heterocycles. The number of aliphatic carboxylic acids is 3. The van der Waals surface area contributed by atoms with Gasteiger partial charge in [0.15, 0.2) is 17.9 Å². The van der Waals surface area contributed by atoms with Crippen LogP contribution in [0.25, 0.3) is 0 Å². The predicted molar refractivity (Wildman–Crippen MR) is 129 cm³/mol. The van der Waals surface area contributed by atoms with Gasteiger partial charge in [-0.25, -0.2) is 0 Å². The summed E-state index contributed by atoms with van der Waals surface area (Å²) in [6.07, 6.45) is 2.56. The van der Waals surface area contributed by atoms with E-state index in [-0.39, 0.29) is 34.9 Å². The quantitative estimate of drug-likeness (QED) is 0.0378. The molecule has 0 bridgehead atoms. The zero-order chi connectivity index (χ0) is 28.7. The van der Waals surface area contributed by atoms with Crippen molar-refractivity contribution < 1.29 is 46.8 Å². The summed E-state index contributed by atoms with van der Waals surface area (Å²) in [5.41, 5.74) is 45.7. The molecule has 0 heterocycles. The molecule has 0 amide bonds. The molecule has 37 heavy (non-hydrogen) atoms. The molecule has 0 unspecified atom stereocenters. The van der Waals surface area contributed by atoms with Gasteiger partial charge in [-0.3, -0.25) is 15.0 Å². The smallest absolute Gasteiger partial charge is 0.548 e. The molecule has 18 N–H and O–H groups in total. The summed E-state index contributed by atoms with van der Waals surface area (Å²) in [6, 6.07) is -2.79. The molecule has 0 aromatic rings. The first-order valence-corrected chi connectivity index (χ1v) is 10.7. The van der Waals surface area contributed by atoms with E-state index in [4.69, 9.17) is 51.6 Å². The van der Waals surface area contributed by atoms with Crippen molar-refractivity contribution in [2.45, 2.75) is 56.7 Å². The molecule has 0 aromatic heterocycles. The van der Waals surface area contributed by atoms with E-state index < -0.39 is 36.0 Å². The first-order valence-electron chi connectivity index (χ1n) is 10.7. The van der Waals surface area contributed by atoms with E-state index >= 15 is 0 Å². The van der Waals surface area contributed by atoms with Gasteiger partial charge in [0.05, 0.1) is 17.9 Å². The number of carboxylic acid groups (broad SMARTS) is 3. The second-order valence-electron chi connectivity index (χ2n) is 7.12. The maximum Gasteiger partial charge on any atom is 3.00 e. The summed E-state index contributed by atoms with van der Waals surface area (Å²) in [4.78, 5) is 41.3. The Morgan fingerprint density at radius 1 is 0.514 bits per heavy atom. The number of carbonyl (C=O) groups is 3. The third kappa shape index (κ3) is 34.9. The number of carboxylic acids is 3. The molecule has 1 radical (unpaired) electrons. The minimum atomic E-state index is -1.25. The van der Waals surface area contributed by atoms with Crippen molar-refractivity contribution in [3.63, 3.8) is 0 Å². The van der Waals surface area contributed by atoms with Crippen LogP contribution >= 0.6 is 0 Å². The van der Waals surface area contributed by atoms with Crippen molar-refractivity contribution in [2.75, 3.05) is 19.6 Å². The van der Waals surface area contributed by atoms with Crippen LogP contribution < -0.4 is 66.9 Å². The summed E-state index contributed by atoms with van der Waals surface area (Å²) < 4.78 is 0. The second kappa shape index (κ2) is 25.7. The molecule has 0 aromatic carbocycles. The number of nitrogens with two attached hydrogens (primary N) is 9. The number of rotatable bonds is 15. The first kappa shape index (κ1) is 40.8. The fourth-order valence-electron chi connectivity index (χ4n) is 1.91. The Morgan fingerprint density at radius 2 is 0.703 bits per heavy atom. The summed E-state index contributed by atoms with van der Waals surface area (Å²) in [6.45, 7) is 1.18. The van der Waals surface area contributed by atoms with Gasteiger partial charge in [0.2, 0.25) is 0 Å². The molecule has 19 heteroatoms. The van der Waals surface area contributed by atoms with Crippen LogP contribution in [-0.4, -0.2) is 73.5 Å². The summed E-state index contributed by atoms with van der Waals surface area (Å²) in [5.74, 6) is -3.76. The maximum absolute atomic E-state index is 10.1. The van der Waals surface area contributed by atoms with Gasteiger partial charge >= 0.3 is 17.1 Å². The topological polar surface area (TPSA) is 392 Å². The van der Waals surface area contributed by atoms with Crippen molar-refractivity contribution in [3.05, 3.63) is 0 Å². The molecule has 0 fully saturated rings. The Labute approximate surface area is 225 Å². The molecule has 0 aliphatic carbocycles. The number of nitrogens with zero attached hydrogens (tertiary/aromatic N) is 3. The van der Waals surface area contributed by atoms with Crippen LogP contribution in [-0.2, 0) is 31.5 Å². The van der Waals surface area contributed by atoms with Crippen molar-refractivity contribution in [1.29, 1.82) is 0 Å². The van der Waals surface area contributed by atoms with E-state index in [2.05, 4.69) is 15.0 Å². The Morgan fingerprint density at radius 3 is 0.838 bits per heavy atom. The minimum absolute atomic E-state index is 0. The molecule has 0 saturated carbocycles. The number of hydrogen-bond acceptors (Lipinski definition) is 12. The Balaban J connectivity index is -0.000000218. The molecule has 3 atom stereocenters.